The molecule has 2 nitrogen and oxygen atoms in total. The van der Waals surface area contributed by atoms with E-state index in [-0.39, 0.29) is 0 Å². The van der Waals surface area contributed by atoms with Crippen LogP contribution in [0.25, 0.3) is 12.2 Å². The standard InChI is InChI=1S/C41H61N2/c1-11-21-43(10)35(9)23-31(5)24-39-26-34(8)38(28-41(39)43)20-18-16-14-15-17-19-37-27-40(36(13-3)25-33(37)7)42-29-32(6)22-30(4)12-2/h12-13,24-29,32,35H,3,11,14-23H2,1-2,4-10H3/q+1/b30-12-,42-29?. The van der Waals surface area contributed by atoms with Gasteiger partial charge in [-0.1, -0.05) is 63.0 Å². The number of hydrogen-bond acceptors (Lipinski definition) is 1. The van der Waals surface area contributed by atoms with E-state index < -0.39 is 0 Å². The van der Waals surface area contributed by atoms with Gasteiger partial charge in [-0.05, 0) is 138 Å². The molecule has 0 aliphatic carbocycles. The highest BCUT2D eigenvalue weighted by Crippen LogP contribution is 2.38. The number of benzene rings is 2. The van der Waals surface area contributed by atoms with E-state index >= 15 is 0 Å². The van der Waals surface area contributed by atoms with Crippen molar-refractivity contribution in [2.75, 3.05) is 13.6 Å². The van der Waals surface area contributed by atoms with Crippen LogP contribution in [0.3, 0.4) is 0 Å². The predicted octanol–water partition coefficient (Wildman–Crippen LogP) is 11.9. The van der Waals surface area contributed by atoms with Gasteiger partial charge in [0.1, 0.15) is 5.69 Å². The Morgan fingerprint density at radius 2 is 1.63 bits per heavy atom. The van der Waals surface area contributed by atoms with Gasteiger partial charge in [-0.25, -0.2) is 0 Å². The number of fused-ring (bicyclic) bond motifs is 1. The first kappa shape index (κ1) is 34.8. The van der Waals surface area contributed by atoms with E-state index in [0.717, 1.165) is 28.6 Å². The normalized spacial score (nSPS) is 19.7. The molecule has 0 bridgehead atoms. The molecule has 1 aliphatic rings. The first-order valence-electron chi connectivity index (χ1n) is 17.1. The first-order chi connectivity index (χ1) is 20.5. The second-order valence-corrected chi connectivity index (χ2v) is 13.8. The lowest BCUT2D eigenvalue weighted by Crippen LogP contribution is -2.52. The zero-order valence-corrected chi connectivity index (χ0v) is 29.2. The lowest BCUT2D eigenvalue weighted by atomic mass is 9.95. The predicted molar refractivity (Wildman–Crippen MR) is 195 cm³/mol. The molecule has 234 valence electrons. The molecule has 0 radical (unpaired) electrons. The van der Waals surface area contributed by atoms with Crippen LogP contribution in [-0.2, 0) is 12.8 Å². The lowest BCUT2D eigenvalue weighted by molar-refractivity contribution is 0.256. The van der Waals surface area contributed by atoms with Gasteiger partial charge < -0.3 is 0 Å². The van der Waals surface area contributed by atoms with Crippen molar-refractivity contribution < 1.29 is 0 Å². The Balaban J connectivity index is 1.55. The second kappa shape index (κ2) is 16.4. The number of aryl methyl sites for hydroxylation is 4. The second-order valence-electron chi connectivity index (χ2n) is 13.8. The van der Waals surface area contributed by atoms with Crippen LogP contribution in [0.4, 0.5) is 11.4 Å². The van der Waals surface area contributed by atoms with Gasteiger partial charge in [0.15, 0.2) is 0 Å². The van der Waals surface area contributed by atoms with Gasteiger partial charge in [-0.15, -0.1) is 0 Å². The van der Waals surface area contributed by atoms with Crippen LogP contribution in [0.15, 0.2) is 53.1 Å². The highest BCUT2D eigenvalue weighted by Gasteiger charge is 2.35. The third-order valence-electron chi connectivity index (χ3n) is 9.92. The van der Waals surface area contributed by atoms with Crippen LogP contribution < -0.4 is 4.48 Å². The highest BCUT2D eigenvalue weighted by atomic mass is 15.4. The molecular weight excluding hydrogens is 520 g/mol. The molecule has 2 aromatic carbocycles. The minimum atomic E-state index is 0.428. The topological polar surface area (TPSA) is 12.4 Å². The molecule has 0 N–H and O–H groups in total. The van der Waals surface area contributed by atoms with Crippen LogP contribution in [0.2, 0.25) is 0 Å². The van der Waals surface area contributed by atoms with Gasteiger partial charge >= 0.3 is 0 Å². The smallest absolute Gasteiger partial charge is 0.140 e. The van der Waals surface area contributed by atoms with E-state index in [2.05, 4.69) is 112 Å². The van der Waals surface area contributed by atoms with Crippen molar-refractivity contribution in [1.29, 1.82) is 0 Å². The Hall–Kier alpha value is -2.71. The largest absolute Gasteiger partial charge is 0.291 e. The van der Waals surface area contributed by atoms with Gasteiger partial charge in [0.05, 0.1) is 25.3 Å². The van der Waals surface area contributed by atoms with Crippen LogP contribution in [0, 0.1) is 19.8 Å². The molecule has 3 atom stereocenters. The molecular formula is C41H61N2+. The molecule has 43 heavy (non-hydrogen) atoms. The van der Waals surface area contributed by atoms with E-state index in [4.69, 9.17) is 4.99 Å². The lowest BCUT2D eigenvalue weighted by Gasteiger charge is -2.40. The molecule has 0 saturated heterocycles. The van der Waals surface area contributed by atoms with Crippen LogP contribution in [0.5, 0.6) is 0 Å². The summed E-state index contributed by atoms with van der Waals surface area (Å²) in [6.45, 7) is 23.4. The number of nitrogens with zero attached hydrogens (tertiary/aromatic N) is 2. The van der Waals surface area contributed by atoms with Crippen molar-refractivity contribution in [2.24, 2.45) is 10.9 Å². The summed E-state index contributed by atoms with van der Waals surface area (Å²) in [5.41, 5.74) is 13.9. The average molecular weight is 582 g/mol. The number of allylic oxidation sites excluding steroid dienone is 2. The van der Waals surface area contributed by atoms with Crippen LogP contribution in [0.1, 0.15) is 126 Å². The minimum absolute atomic E-state index is 0.428. The molecule has 1 aliphatic heterocycles. The maximum atomic E-state index is 4.90. The van der Waals surface area contributed by atoms with Crippen molar-refractivity contribution >= 4 is 29.7 Å². The van der Waals surface area contributed by atoms with Gasteiger partial charge in [-0.3, -0.25) is 9.48 Å². The molecule has 0 amide bonds. The summed E-state index contributed by atoms with van der Waals surface area (Å²) in [7, 11) is 2.47. The molecule has 2 heteroatoms. The zero-order valence-electron chi connectivity index (χ0n) is 29.2. The number of unbranched alkanes of at least 4 members (excludes halogenated alkanes) is 4. The quantitative estimate of drug-likeness (QED) is 0.0858. The van der Waals surface area contributed by atoms with E-state index in [1.807, 2.05) is 6.08 Å². The highest BCUT2D eigenvalue weighted by molar-refractivity contribution is 5.73. The van der Waals surface area contributed by atoms with Crippen molar-refractivity contribution in [3.8, 4) is 0 Å². The molecule has 1 heterocycles. The zero-order chi connectivity index (χ0) is 31.6. The van der Waals surface area contributed by atoms with Crippen LogP contribution in [-0.4, -0.2) is 25.8 Å². The average Bonchev–Trinajstić information content (AvgIpc) is 3.05. The summed E-state index contributed by atoms with van der Waals surface area (Å²) in [6, 6.07) is 10.2. The van der Waals surface area contributed by atoms with Crippen molar-refractivity contribution in [2.45, 2.75) is 126 Å². The number of rotatable bonds is 15. The van der Waals surface area contributed by atoms with Gasteiger partial charge in [-0.2, -0.15) is 0 Å². The van der Waals surface area contributed by atoms with E-state index in [1.165, 1.54) is 97.0 Å². The Morgan fingerprint density at radius 3 is 2.26 bits per heavy atom. The van der Waals surface area contributed by atoms with E-state index in [0.29, 0.717) is 12.0 Å². The molecule has 2 aromatic rings. The molecule has 0 spiro atoms. The minimum Gasteiger partial charge on any atom is -0.291 e. The van der Waals surface area contributed by atoms with Gasteiger partial charge in [0.2, 0.25) is 0 Å². The molecule has 3 unspecified atom stereocenters. The van der Waals surface area contributed by atoms with Gasteiger partial charge in [0.25, 0.3) is 0 Å². The summed E-state index contributed by atoms with van der Waals surface area (Å²) in [5, 5.41) is 0. The van der Waals surface area contributed by atoms with Crippen LogP contribution >= 0.6 is 0 Å². The maximum Gasteiger partial charge on any atom is 0.140 e. The summed E-state index contributed by atoms with van der Waals surface area (Å²) < 4.78 is 1.06. The van der Waals surface area contributed by atoms with Gasteiger partial charge in [0, 0.05) is 24.3 Å². The van der Waals surface area contributed by atoms with E-state index in [9.17, 15) is 0 Å². The van der Waals surface area contributed by atoms with E-state index in [1.54, 1.807) is 5.56 Å². The fourth-order valence-electron chi connectivity index (χ4n) is 6.98. The molecule has 3 rings (SSSR count). The molecule has 0 fully saturated rings. The molecule has 0 aromatic heterocycles. The Kier molecular flexibility index (Phi) is 13.3. The monoisotopic (exact) mass is 581 g/mol. The third-order valence-corrected chi connectivity index (χ3v) is 9.92. The van der Waals surface area contributed by atoms with Crippen molar-refractivity contribution in [1.82, 2.24) is 4.48 Å². The number of quaternary nitrogens is 1. The Bertz CT molecular complexity index is 1320. The summed E-state index contributed by atoms with van der Waals surface area (Å²) in [6.07, 6.45) is 20.9. The number of aliphatic imine (C=N–C) groups is 1. The first-order valence-corrected chi connectivity index (χ1v) is 17.1. The summed E-state index contributed by atoms with van der Waals surface area (Å²) in [4.78, 5) is 4.90. The fraction of sp³-hybridized carbons (Fsp3) is 0.537. The number of hydrogen-bond donors (Lipinski definition) is 0. The van der Waals surface area contributed by atoms with Crippen molar-refractivity contribution in [3.05, 3.63) is 81.4 Å². The summed E-state index contributed by atoms with van der Waals surface area (Å²) >= 11 is 0. The SMILES string of the molecule is C=Cc1cc(C)c(CCCCCCCc2cc3c(cc2C)C=C(C)CC(C)[N+]3(C)CCC)cc1N=CC(C)C/C(C)=C\C. The fourth-order valence-corrected chi connectivity index (χ4v) is 6.98. The Labute approximate surface area is 265 Å². The Morgan fingerprint density at radius 1 is 1.00 bits per heavy atom. The third kappa shape index (κ3) is 9.39. The molecule has 0 saturated carbocycles. The van der Waals surface area contributed by atoms with Crippen molar-refractivity contribution in [3.63, 3.8) is 0 Å². The maximum absolute atomic E-state index is 4.90. The summed E-state index contributed by atoms with van der Waals surface area (Å²) in [5.74, 6) is 0.428.